The number of fused-ring (bicyclic) bond motifs is 6. The van der Waals surface area contributed by atoms with E-state index in [1.165, 1.54) is 0 Å². The Morgan fingerprint density at radius 2 is 1.00 bits per heavy atom. The van der Waals surface area contributed by atoms with Crippen LogP contribution in [0, 0.1) is 23.7 Å². The lowest BCUT2D eigenvalue weighted by Crippen LogP contribution is -2.48. The predicted octanol–water partition coefficient (Wildman–Crippen LogP) is 4.36. The summed E-state index contributed by atoms with van der Waals surface area (Å²) >= 11 is 0. The summed E-state index contributed by atoms with van der Waals surface area (Å²) in [4.78, 5) is 56.4. The van der Waals surface area contributed by atoms with Crippen LogP contribution in [0.4, 0.5) is 0 Å². The molecule has 2 aromatic carbocycles. The second-order valence-electron chi connectivity index (χ2n) is 16.1. The largest absolute Gasteiger partial charge is 0.396 e. The zero-order valence-corrected chi connectivity index (χ0v) is 35.0. The average Bonchev–Trinajstić information content (AvgIpc) is 4.01. The number of carbonyl (C=O) groups is 2. The smallest absolute Gasteiger partial charge is 0.258 e. The topological polar surface area (TPSA) is 149 Å². The molecule has 2 fully saturated rings. The van der Waals surface area contributed by atoms with Crippen molar-refractivity contribution in [1.82, 2.24) is 29.6 Å². The summed E-state index contributed by atoms with van der Waals surface area (Å²) < 4.78 is 3.65. The second kappa shape index (κ2) is 18.9. The first-order chi connectivity index (χ1) is 29.2. The fourth-order valence-electron chi connectivity index (χ4n) is 10.4. The first-order valence-corrected chi connectivity index (χ1v) is 21.3. The van der Waals surface area contributed by atoms with Crippen LogP contribution in [-0.4, -0.2) is 79.3 Å². The molecule has 2 saturated heterocycles. The first-order valence-electron chi connectivity index (χ1n) is 21.3. The van der Waals surface area contributed by atoms with Crippen molar-refractivity contribution in [3.05, 3.63) is 151 Å². The van der Waals surface area contributed by atoms with Crippen LogP contribution in [0.5, 0.6) is 0 Å². The third kappa shape index (κ3) is 7.97. The van der Waals surface area contributed by atoms with Gasteiger partial charge in [-0.25, -0.2) is 0 Å². The van der Waals surface area contributed by atoms with E-state index in [2.05, 4.69) is 20.4 Å². The Balaban J connectivity index is 0.000000181. The van der Waals surface area contributed by atoms with Crippen LogP contribution in [0.15, 0.2) is 107 Å². The number of likely N-dealkylation sites (tertiary alicyclic amines) is 2. The molecular weight excluding hydrogens is 757 g/mol. The summed E-state index contributed by atoms with van der Waals surface area (Å²) in [5, 5.41) is 26.5. The summed E-state index contributed by atoms with van der Waals surface area (Å²) in [6.45, 7) is 11.0. The molecule has 12 nitrogen and oxygen atoms in total. The molecule has 2 aromatic heterocycles. The molecule has 60 heavy (non-hydrogen) atoms. The maximum Gasteiger partial charge on any atom is 0.258 e. The number of rotatable bonds is 12. The number of benzene rings is 2. The molecule has 0 unspecified atom stereocenters. The Labute approximate surface area is 351 Å². The molecule has 0 radical (unpaired) electrons. The van der Waals surface area contributed by atoms with E-state index in [0.29, 0.717) is 50.4 Å². The second-order valence-corrected chi connectivity index (χ2v) is 16.1. The molecule has 316 valence electrons. The number of aliphatic hydroxyl groups is 2. The van der Waals surface area contributed by atoms with Gasteiger partial charge in [-0.1, -0.05) is 98.8 Å². The number of carbonyl (C=O) groups excluding carboxylic acids is 2. The molecule has 0 bridgehead atoms. The van der Waals surface area contributed by atoms with E-state index in [9.17, 15) is 29.4 Å². The van der Waals surface area contributed by atoms with Crippen molar-refractivity contribution in [2.45, 2.75) is 78.0 Å². The highest BCUT2D eigenvalue weighted by molar-refractivity contribution is 5.83. The van der Waals surface area contributed by atoms with Crippen LogP contribution in [0.25, 0.3) is 12.2 Å². The van der Waals surface area contributed by atoms with Crippen molar-refractivity contribution in [1.29, 1.82) is 0 Å². The number of likely N-dealkylation sites (N-methyl/N-ethyl adjacent to an activating group) is 2. The minimum absolute atomic E-state index is 0.00202. The molecule has 2 amide bonds. The van der Waals surface area contributed by atoms with Gasteiger partial charge in [-0.15, -0.1) is 0 Å². The highest BCUT2D eigenvalue weighted by Crippen LogP contribution is 2.50. The third-order valence-electron chi connectivity index (χ3n) is 13.0. The number of hydrogen-bond acceptors (Lipinski definition) is 8. The van der Waals surface area contributed by atoms with Crippen molar-refractivity contribution in [3.8, 4) is 0 Å². The first kappa shape index (κ1) is 42.7. The third-order valence-corrected chi connectivity index (χ3v) is 13.0. The zero-order chi connectivity index (χ0) is 42.5. The molecule has 0 spiro atoms. The Hall–Kier alpha value is -5.40. The van der Waals surface area contributed by atoms with Crippen LogP contribution in [0.1, 0.15) is 73.4 Å². The molecule has 8 atom stereocenters. The number of nitrogens with one attached hydrogen (secondary N) is 2. The lowest BCUT2D eigenvalue weighted by atomic mass is 9.88. The van der Waals surface area contributed by atoms with E-state index in [1.54, 1.807) is 0 Å². The van der Waals surface area contributed by atoms with Gasteiger partial charge in [0.25, 0.3) is 11.1 Å². The molecule has 4 aromatic rings. The fourth-order valence-corrected chi connectivity index (χ4v) is 10.4. The van der Waals surface area contributed by atoms with Gasteiger partial charge in [-0.2, -0.15) is 0 Å². The fraction of sp³-hybridized carbons (Fsp3) is 0.417. The Bertz CT molecular complexity index is 2160. The molecule has 8 rings (SSSR count). The van der Waals surface area contributed by atoms with E-state index in [0.717, 1.165) is 22.5 Å². The number of pyridine rings is 2. The molecule has 4 aliphatic heterocycles. The van der Waals surface area contributed by atoms with Crippen LogP contribution >= 0.6 is 0 Å². The van der Waals surface area contributed by atoms with Gasteiger partial charge in [0.05, 0.1) is 24.2 Å². The molecule has 4 aliphatic rings. The van der Waals surface area contributed by atoms with Crippen molar-refractivity contribution in [2.24, 2.45) is 23.7 Å². The SMILES string of the molecule is C/C=C/c1ccc2n(c1=O)C[C@H]1[C@H](CO)[C@@H](C(=O)NCc3ccccc3)N(CC)[C@@H]21.C/C=C\c1ccc2n(c1=O)C[C@H]1[C@H](CO)[C@@H](C(=O)NCc3ccccc3)N(CC)[C@@H]21. The summed E-state index contributed by atoms with van der Waals surface area (Å²) in [7, 11) is 0. The highest BCUT2D eigenvalue weighted by atomic mass is 16.3. The van der Waals surface area contributed by atoms with Crippen molar-refractivity contribution in [3.63, 3.8) is 0 Å². The van der Waals surface area contributed by atoms with E-state index in [1.807, 2.05) is 146 Å². The quantitative estimate of drug-likeness (QED) is 0.165. The van der Waals surface area contributed by atoms with Crippen molar-refractivity contribution >= 4 is 24.0 Å². The lowest BCUT2D eigenvalue weighted by Gasteiger charge is -2.29. The van der Waals surface area contributed by atoms with Gasteiger partial charge in [0.15, 0.2) is 0 Å². The average molecular weight is 815 g/mol. The van der Waals surface area contributed by atoms with Gasteiger partial charge in [0.1, 0.15) is 0 Å². The van der Waals surface area contributed by atoms with Crippen molar-refractivity contribution in [2.75, 3.05) is 26.3 Å². The lowest BCUT2D eigenvalue weighted by molar-refractivity contribution is -0.128. The van der Waals surface area contributed by atoms with E-state index in [4.69, 9.17) is 0 Å². The molecule has 12 heteroatoms. The van der Waals surface area contributed by atoms with Crippen molar-refractivity contribution < 1.29 is 19.8 Å². The van der Waals surface area contributed by atoms with E-state index < -0.39 is 12.1 Å². The molecule has 0 saturated carbocycles. The van der Waals surface area contributed by atoms with Gasteiger partial charge in [-0.05, 0) is 62.3 Å². The number of amides is 2. The monoisotopic (exact) mass is 814 g/mol. The minimum atomic E-state index is -0.405. The predicted molar refractivity (Wildman–Crippen MR) is 233 cm³/mol. The van der Waals surface area contributed by atoms with Gasteiger partial charge < -0.3 is 30.0 Å². The summed E-state index contributed by atoms with van der Waals surface area (Å²) in [5.41, 5.74) is 5.30. The summed E-state index contributed by atoms with van der Waals surface area (Å²) in [6.07, 6.45) is 7.37. The number of aliphatic hydroxyl groups excluding tert-OH is 2. The Kier molecular flexibility index (Phi) is 13.4. The van der Waals surface area contributed by atoms with Crippen LogP contribution in [0.3, 0.4) is 0 Å². The van der Waals surface area contributed by atoms with Crippen LogP contribution in [-0.2, 0) is 35.8 Å². The molecular formula is C48H58N6O6. The van der Waals surface area contributed by atoms with Crippen LogP contribution < -0.4 is 21.8 Å². The molecule has 6 heterocycles. The maximum atomic E-state index is 13.2. The van der Waals surface area contributed by atoms with Gasteiger partial charge >= 0.3 is 0 Å². The summed E-state index contributed by atoms with van der Waals surface area (Å²) in [5.74, 6) is -0.473. The number of allylic oxidation sites excluding steroid dienone is 2. The van der Waals surface area contributed by atoms with Gasteiger partial charge in [-0.3, -0.25) is 29.0 Å². The Morgan fingerprint density at radius 1 is 0.617 bits per heavy atom. The maximum absolute atomic E-state index is 13.2. The van der Waals surface area contributed by atoms with E-state index >= 15 is 0 Å². The van der Waals surface area contributed by atoms with E-state index in [-0.39, 0.29) is 71.9 Å². The minimum Gasteiger partial charge on any atom is -0.396 e. The number of hydrogen-bond donors (Lipinski definition) is 4. The molecule has 4 N–H and O–H groups in total. The highest BCUT2D eigenvalue weighted by Gasteiger charge is 2.56. The number of aromatic nitrogens is 2. The number of nitrogens with zero attached hydrogens (tertiary/aromatic N) is 4. The van der Waals surface area contributed by atoms with Crippen LogP contribution in [0.2, 0.25) is 0 Å². The summed E-state index contributed by atoms with van der Waals surface area (Å²) in [6, 6.07) is 26.5. The van der Waals surface area contributed by atoms with Gasteiger partial charge in [0, 0.05) is 85.6 Å². The molecule has 0 aliphatic carbocycles. The standard InChI is InChI=1S/2C24H29N3O3/c2*1-3-8-17-11-12-20-21-18(14-27(20)24(17)30)19(15-28)22(26(21)4-2)23(29)25-13-16-9-6-5-7-10-16/h2*3,5-12,18-19,21-22,28H,4,13-15H2,1-2H3,(H,25,29)/b8-3+;8-3-/t2*18-,19-,21+,22-/m00/s1. The normalized spacial score (nSPS) is 25.4. The zero-order valence-electron chi connectivity index (χ0n) is 35.0. The van der Waals surface area contributed by atoms with Gasteiger partial charge in [0.2, 0.25) is 11.8 Å². The Morgan fingerprint density at radius 3 is 1.33 bits per heavy atom.